The summed E-state index contributed by atoms with van der Waals surface area (Å²) in [5.41, 5.74) is 2.54. The van der Waals surface area contributed by atoms with E-state index in [0.717, 1.165) is 16.7 Å². The summed E-state index contributed by atoms with van der Waals surface area (Å²) in [6.45, 7) is 2.08. The largest absolute Gasteiger partial charge is 0.528 e. The molecule has 172 valence electrons. The standard InChI is InChI=1S/C20H18O3.C3H2O7/c1-20(14-2-8-17(21)9-3-14,15-4-10-18(22)11-5-15)16-6-12-19(23)13-7-16;4-1(5)9-3(8)10-2(6)7/h2-13,21-23H,1H3;(H,4,5)(H,6,7). The third kappa shape index (κ3) is 6.62. The Hall–Kier alpha value is -4.73. The van der Waals surface area contributed by atoms with Crippen molar-refractivity contribution in [1.82, 2.24) is 0 Å². The minimum Gasteiger partial charge on any atom is -0.508 e. The number of carbonyl (C=O) groups excluding carboxylic acids is 1. The van der Waals surface area contributed by atoms with E-state index in [-0.39, 0.29) is 17.2 Å². The van der Waals surface area contributed by atoms with Crippen LogP contribution in [-0.4, -0.2) is 44.0 Å². The summed E-state index contributed by atoms with van der Waals surface area (Å²) in [4.78, 5) is 28.8. The Morgan fingerprint density at radius 2 is 0.818 bits per heavy atom. The summed E-state index contributed by atoms with van der Waals surface area (Å²) >= 11 is 0. The molecule has 0 unspecified atom stereocenters. The molecule has 0 amide bonds. The van der Waals surface area contributed by atoms with Gasteiger partial charge in [-0.15, -0.1) is 0 Å². The molecule has 0 spiro atoms. The summed E-state index contributed by atoms with van der Waals surface area (Å²) in [5.74, 6) is 0.646. The van der Waals surface area contributed by atoms with Crippen LogP contribution >= 0.6 is 0 Å². The number of phenols is 3. The fourth-order valence-corrected chi connectivity index (χ4v) is 3.05. The Morgan fingerprint density at radius 3 is 1.03 bits per heavy atom. The molecule has 3 aromatic carbocycles. The molecule has 0 aliphatic rings. The van der Waals surface area contributed by atoms with Crippen LogP contribution in [0.2, 0.25) is 0 Å². The average molecular weight is 456 g/mol. The van der Waals surface area contributed by atoms with E-state index in [1.54, 1.807) is 36.4 Å². The second-order valence-corrected chi connectivity index (χ2v) is 6.75. The molecule has 10 nitrogen and oxygen atoms in total. The van der Waals surface area contributed by atoms with Crippen molar-refractivity contribution in [3.05, 3.63) is 89.5 Å². The Balaban J connectivity index is 0.000000328. The van der Waals surface area contributed by atoms with Crippen LogP contribution in [0.5, 0.6) is 17.2 Å². The van der Waals surface area contributed by atoms with Gasteiger partial charge in [0.25, 0.3) is 0 Å². The zero-order chi connectivity index (χ0) is 24.6. The molecule has 0 aliphatic carbocycles. The van der Waals surface area contributed by atoms with Gasteiger partial charge in [-0.1, -0.05) is 36.4 Å². The Labute approximate surface area is 187 Å². The van der Waals surface area contributed by atoms with E-state index in [9.17, 15) is 29.7 Å². The summed E-state index contributed by atoms with van der Waals surface area (Å²) in [5, 5.41) is 44.1. The third-order valence-electron chi connectivity index (χ3n) is 4.68. The lowest BCUT2D eigenvalue weighted by Gasteiger charge is -2.32. The van der Waals surface area contributed by atoms with Gasteiger partial charge < -0.3 is 35.0 Å². The van der Waals surface area contributed by atoms with Gasteiger partial charge in [0.2, 0.25) is 0 Å². The Morgan fingerprint density at radius 1 is 0.576 bits per heavy atom. The molecule has 0 saturated heterocycles. The number of ether oxygens (including phenoxy) is 2. The Bertz CT molecular complexity index is 975. The summed E-state index contributed by atoms with van der Waals surface area (Å²) in [6.07, 6.45) is -5.64. The van der Waals surface area contributed by atoms with Crippen LogP contribution in [0.4, 0.5) is 14.4 Å². The zero-order valence-corrected chi connectivity index (χ0v) is 17.2. The van der Waals surface area contributed by atoms with Crippen molar-refractivity contribution in [2.45, 2.75) is 12.3 Å². The quantitative estimate of drug-likeness (QED) is 0.212. The second-order valence-electron chi connectivity index (χ2n) is 6.75. The molecule has 0 aromatic heterocycles. The van der Waals surface area contributed by atoms with Crippen molar-refractivity contribution >= 4 is 18.5 Å². The molecule has 0 bridgehead atoms. The van der Waals surface area contributed by atoms with Gasteiger partial charge in [-0.25, -0.2) is 14.4 Å². The molecule has 3 aromatic rings. The number of rotatable bonds is 3. The highest BCUT2D eigenvalue weighted by molar-refractivity contribution is 5.82. The minimum atomic E-state index is -1.92. The van der Waals surface area contributed by atoms with Crippen LogP contribution < -0.4 is 0 Å². The van der Waals surface area contributed by atoms with Gasteiger partial charge in [-0.3, -0.25) is 0 Å². The highest BCUT2D eigenvalue weighted by atomic mass is 16.8. The molecule has 10 heteroatoms. The maximum atomic E-state index is 9.86. The summed E-state index contributed by atoms with van der Waals surface area (Å²) in [6, 6.07) is 21.3. The molecule has 0 saturated carbocycles. The zero-order valence-electron chi connectivity index (χ0n) is 17.2. The molecular weight excluding hydrogens is 436 g/mol. The lowest BCUT2D eigenvalue weighted by molar-refractivity contribution is 0.0548. The first-order valence-electron chi connectivity index (χ1n) is 9.26. The number of carboxylic acid groups (broad SMARTS) is 2. The van der Waals surface area contributed by atoms with Crippen LogP contribution in [0.1, 0.15) is 23.6 Å². The minimum absolute atomic E-state index is 0.215. The lowest BCUT2D eigenvalue weighted by Crippen LogP contribution is -2.25. The first-order valence-corrected chi connectivity index (χ1v) is 9.26. The van der Waals surface area contributed by atoms with Crippen LogP contribution in [0, 0.1) is 0 Å². The highest BCUT2D eigenvalue weighted by Crippen LogP contribution is 2.40. The predicted molar refractivity (Wildman–Crippen MR) is 113 cm³/mol. The molecule has 3 rings (SSSR count). The molecule has 0 aliphatic heterocycles. The van der Waals surface area contributed by atoms with E-state index >= 15 is 0 Å². The van der Waals surface area contributed by atoms with Gasteiger partial charge in [-0.2, -0.15) is 0 Å². The SMILES string of the molecule is CC(c1ccc(O)cc1)(c1ccc(O)cc1)c1ccc(O)cc1.O=C(O)OC(=O)OC(=O)O. The number of benzene rings is 3. The summed E-state index contributed by atoms with van der Waals surface area (Å²) in [7, 11) is 0. The first-order chi connectivity index (χ1) is 15.5. The van der Waals surface area contributed by atoms with E-state index in [4.69, 9.17) is 10.2 Å². The molecular formula is C23H20O10. The van der Waals surface area contributed by atoms with Crippen molar-refractivity contribution in [2.75, 3.05) is 0 Å². The van der Waals surface area contributed by atoms with Gasteiger partial charge in [0.15, 0.2) is 0 Å². The van der Waals surface area contributed by atoms with Crippen molar-refractivity contribution in [2.24, 2.45) is 0 Å². The van der Waals surface area contributed by atoms with E-state index in [0.29, 0.717) is 0 Å². The van der Waals surface area contributed by atoms with Crippen molar-refractivity contribution in [3.63, 3.8) is 0 Å². The van der Waals surface area contributed by atoms with Gasteiger partial charge in [0, 0.05) is 5.41 Å². The monoisotopic (exact) mass is 456 g/mol. The average Bonchev–Trinajstić information content (AvgIpc) is 2.74. The van der Waals surface area contributed by atoms with Gasteiger partial charge >= 0.3 is 18.5 Å². The lowest BCUT2D eigenvalue weighted by atomic mass is 9.71. The van der Waals surface area contributed by atoms with Gasteiger partial charge in [0.05, 0.1) is 0 Å². The molecule has 33 heavy (non-hydrogen) atoms. The molecule has 5 N–H and O–H groups in total. The number of carbonyl (C=O) groups is 3. The first kappa shape index (κ1) is 24.5. The van der Waals surface area contributed by atoms with Crippen LogP contribution in [-0.2, 0) is 14.9 Å². The van der Waals surface area contributed by atoms with E-state index < -0.39 is 23.9 Å². The normalized spacial score (nSPS) is 10.3. The van der Waals surface area contributed by atoms with Crippen molar-refractivity contribution in [3.8, 4) is 17.2 Å². The molecule has 0 radical (unpaired) electrons. The maximum absolute atomic E-state index is 9.86. The van der Waals surface area contributed by atoms with Crippen LogP contribution in [0.25, 0.3) is 0 Å². The molecule has 0 atom stereocenters. The number of hydrogen-bond donors (Lipinski definition) is 5. The van der Waals surface area contributed by atoms with E-state index in [1.165, 1.54) is 0 Å². The van der Waals surface area contributed by atoms with Gasteiger partial charge in [-0.05, 0) is 60.0 Å². The fourth-order valence-electron chi connectivity index (χ4n) is 3.05. The van der Waals surface area contributed by atoms with E-state index in [1.807, 2.05) is 36.4 Å². The summed E-state index contributed by atoms with van der Waals surface area (Å²) < 4.78 is 6.47. The highest BCUT2D eigenvalue weighted by Gasteiger charge is 2.31. The third-order valence-corrected chi connectivity index (χ3v) is 4.68. The fraction of sp³-hybridized carbons (Fsp3) is 0.0870. The van der Waals surface area contributed by atoms with Crippen molar-refractivity contribution < 1.29 is 49.4 Å². The number of aromatic hydroxyl groups is 3. The predicted octanol–water partition coefficient (Wildman–Crippen LogP) is 4.65. The van der Waals surface area contributed by atoms with Crippen LogP contribution in [0.15, 0.2) is 72.8 Å². The molecule has 0 heterocycles. The van der Waals surface area contributed by atoms with Crippen molar-refractivity contribution in [1.29, 1.82) is 0 Å². The van der Waals surface area contributed by atoms with Gasteiger partial charge in [0.1, 0.15) is 17.2 Å². The molecule has 0 fully saturated rings. The maximum Gasteiger partial charge on any atom is 0.528 e. The topological polar surface area (TPSA) is 171 Å². The smallest absolute Gasteiger partial charge is 0.508 e. The number of hydrogen-bond acceptors (Lipinski definition) is 8. The number of phenolic OH excluding ortho intramolecular Hbond substituents is 3. The Kier molecular flexibility index (Phi) is 7.83. The van der Waals surface area contributed by atoms with Crippen LogP contribution in [0.3, 0.4) is 0 Å². The van der Waals surface area contributed by atoms with E-state index in [2.05, 4.69) is 16.4 Å². The second kappa shape index (κ2) is 10.5.